The van der Waals surface area contributed by atoms with Crippen LogP contribution < -0.4 is 14.8 Å². The van der Waals surface area contributed by atoms with Crippen LogP contribution in [0, 0.1) is 5.92 Å². The number of carboxylic acids is 1. The number of piperazine rings is 1. The second-order valence-corrected chi connectivity index (χ2v) is 6.75. The molecule has 0 radical (unpaired) electrons. The third-order valence-corrected chi connectivity index (χ3v) is 4.68. The largest absolute Gasteiger partial charge is 0.486 e. The highest BCUT2D eigenvalue weighted by molar-refractivity contribution is 5.93. The number of hydrogen-bond donors (Lipinski definition) is 2. The van der Waals surface area contributed by atoms with Gasteiger partial charge in [0.15, 0.2) is 11.5 Å². The summed E-state index contributed by atoms with van der Waals surface area (Å²) in [5.74, 6) is -0.755. The summed E-state index contributed by atoms with van der Waals surface area (Å²) < 4.78 is 10.9. The van der Waals surface area contributed by atoms with E-state index in [9.17, 15) is 14.7 Å². The van der Waals surface area contributed by atoms with Crippen LogP contribution in [0.5, 0.6) is 11.5 Å². The first-order valence-corrected chi connectivity index (χ1v) is 8.84. The number of anilines is 1. The summed E-state index contributed by atoms with van der Waals surface area (Å²) in [7, 11) is 2.05. The second kappa shape index (κ2) is 8.37. The summed E-state index contributed by atoms with van der Waals surface area (Å²) in [5.41, 5.74) is 0.572. The Labute approximate surface area is 152 Å². The molecule has 1 aromatic carbocycles. The Hall–Kier alpha value is -2.32. The number of rotatable bonds is 6. The van der Waals surface area contributed by atoms with Crippen molar-refractivity contribution in [1.29, 1.82) is 0 Å². The van der Waals surface area contributed by atoms with Gasteiger partial charge >= 0.3 is 5.97 Å². The van der Waals surface area contributed by atoms with Crippen molar-refractivity contribution in [2.45, 2.75) is 6.42 Å². The van der Waals surface area contributed by atoms with Gasteiger partial charge in [-0.15, -0.1) is 0 Å². The number of nitrogens with zero attached hydrogens (tertiary/aromatic N) is 2. The predicted octanol–water partition coefficient (Wildman–Crippen LogP) is 0.735. The predicted molar refractivity (Wildman–Crippen MR) is 95.7 cm³/mol. The molecule has 0 saturated carbocycles. The molecule has 1 atom stereocenters. The van der Waals surface area contributed by atoms with Crippen LogP contribution in [0.2, 0.25) is 0 Å². The zero-order valence-corrected chi connectivity index (χ0v) is 14.9. The lowest BCUT2D eigenvalue weighted by Gasteiger charge is -2.33. The molecule has 26 heavy (non-hydrogen) atoms. The van der Waals surface area contributed by atoms with E-state index in [0.29, 0.717) is 36.9 Å². The summed E-state index contributed by atoms with van der Waals surface area (Å²) in [5, 5.41) is 12.2. The van der Waals surface area contributed by atoms with Crippen molar-refractivity contribution < 1.29 is 24.2 Å². The average molecular weight is 363 g/mol. The molecule has 2 N–H and O–H groups in total. The molecule has 0 aliphatic carbocycles. The Morgan fingerprint density at radius 1 is 1.15 bits per heavy atom. The molecule has 0 aromatic heterocycles. The molecule has 142 valence electrons. The molecule has 8 nitrogen and oxygen atoms in total. The number of fused-ring (bicyclic) bond motifs is 1. The van der Waals surface area contributed by atoms with Crippen LogP contribution in [0.1, 0.15) is 6.42 Å². The summed E-state index contributed by atoms with van der Waals surface area (Å²) in [4.78, 5) is 28.2. The fourth-order valence-corrected chi connectivity index (χ4v) is 3.13. The molecule has 3 rings (SSSR count). The smallest absolute Gasteiger partial charge is 0.308 e. The van der Waals surface area contributed by atoms with E-state index in [4.69, 9.17) is 9.47 Å². The van der Waals surface area contributed by atoms with Crippen LogP contribution in [0.25, 0.3) is 0 Å². The average Bonchev–Trinajstić information content (AvgIpc) is 2.62. The molecule has 2 heterocycles. The fourth-order valence-electron chi connectivity index (χ4n) is 3.13. The first-order valence-electron chi connectivity index (χ1n) is 8.84. The topological polar surface area (TPSA) is 91.3 Å². The van der Waals surface area contributed by atoms with Crippen LogP contribution in [-0.2, 0) is 9.59 Å². The number of ether oxygens (including phenoxy) is 2. The van der Waals surface area contributed by atoms with Gasteiger partial charge in [0, 0.05) is 50.9 Å². The maximum absolute atomic E-state index is 12.3. The quantitative estimate of drug-likeness (QED) is 0.770. The second-order valence-electron chi connectivity index (χ2n) is 6.75. The summed E-state index contributed by atoms with van der Waals surface area (Å²) in [6.07, 6.45) is -0.0594. The van der Waals surface area contributed by atoms with Gasteiger partial charge in [-0.3, -0.25) is 14.5 Å². The Morgan fingerprint density at radius 2 is 1.85 bits per heavy atom. The Kier molecular flexibility index (Phi) is 5.95. The third kappa shape index (κ3) is 4.86. The zero-order chi connectivity index (χ0) is 18.5. The summed E-state index contributed by atoms with van der Waals surface area (Å²) >= 11 is 0. The molecule has 1 saturated heterocycles. The Balaban J connectivity index is 1.55. The number of carbonyl (C=O) groups is 2. The maximum atomic E-state index is 12.3. The van der Waals surface area contributed by atoms with Crippen molar-refractivity contribution >= 4 is 17.6 Å². The van der Waals surface area contributed by atoms with Gasteiger partial charge in [0.2, 0.25) is 5.91 Å². The van der Waals surface area contributed by atoms with Crippen LogP contribution >= 0.6 is 0 Å². The summed E-state index contributed by atoms with van der Waals surface area (Å²) in [6.45, 7) is 4.83. The van der Waals surface area contributed by atoms with E-state index in [-0.39, 0.29) is 12.3 Å². The van der Waals surface area contributed by atoms with Crippen molar-refractivity contribution in [3.8, 4) is 11.5 Å². The van der Waals surface area contributed by atoms with Crippen molar-refractivity contribution in [3.05, 3.63) is 18.2 Å². The summed E-state index contributed by atoms with van der Waals surface area (Å²) in [6, 6.07) is 5.16. The SMILES string of the molecule is CN1CCN(CC(CC(=O)Nc2ccc3c(c2)OCCO3)C(=O)O)CC1. The van der Waals surface area contributed by atoms with Gasteiger partial charge in [-0.25, -0.2) is 0 Å². The minimum Gasteiger partial charge on any atom is -0.486 e. The van der Waals surface area contributed by atoms with E-state index >= 15 is 0 Å². The van der Waals surface area contributed by atoms with Crippen molar-refractivity contribution in [1.82, 2.24) is 9.80 Å². The monoisotopic (exact) mass is 363 g/mol. The molecule has 0 bridgehead atoms. The van der Waals surface area contributed by atoms with E-state index in [1.54, 1.807) is 18.2 Å². The number of carbonyl (C=O) groups excluding carboxylic acids is 1. The Bertz CT molecular complexity index is 658. The molecule has 1 amide bonds. The minimum absolute atomic E-state index is 0.0594. The minimum atomic E-state index is -0.943. The van der Waals surface area contributed by atoms with Gasteiger partial charge in [0.05, 0.1) is 5.92 Å². The molecule has 0 spiro atoms. The van der Waals surface area contributed by atoms with Crippen LogP contribution in [0.3, 0.4) is 0 Å². The van der Waals surface area contributed by atoms with Gasteiger partial charge in [-0.1, -0.05) is 0 Å². The van der Waals surface area contributed by atoms with Gasteiger partial charge in [-0.05, 0) is 19.2 Å². The first-order chi connectivity index (χ1) is 12.5. The molecule has 1 aromatic rings. The molecular weight excluding hydrogens is 338 g/mol. The molecular formula is C18H25N3O5. The zero-order valence-electron chi connectivity index (χ0n) is 14.9. The number of aliphatic carboxylic acids is 1. The highest BCUT2D eigenvalue weighted by atomic mass is 16.6. The van der Waals surface area contributed by atoms with Gasteiger partial charge in [-0.2, -0.15) is 0 Å². The van der Waals surface area contributed by atoms with Crippen molar-refractivity contribution in [3.63, 3.8) is 0 Å². The van der Waals surface area contributed by atoms with E-state index in [1.807, 2.05) is 7.05 Å². The van der Waals surface area contributed by atoms with Gasteiger partial charge < -0.3 is 24.8 Å². The van der Waals surface area contributed by atoms with Crippen LogP contribution in [0.15, 0.2) is 18.2 Å². The van der Waals surface area contributed by atoms with Crippen molar-refractivity contribution in [2.24, 2.45) is 5.92 Å². The standard InChI is InChI=1S/C18H25N3O5/c1-20-4-6-21(7-5-20)12-13(18(23)24)10-17(22)19-14-2-3-15-16(11-14)26-9-8-25-15/h2-3,11,13H,4-10,12H2,1H3,(H,19,22)(H,23,24). The Morgan fingerprint density at radius 3 is 2.54 bits per heavy atom. The highest BCUT2D eigenvalue weighted by Gasteiger charge is 2.26. The molecule has 1 fully saturated rings. The normalized spacial score (nSPS) is 19.0. The molecule has 8 heteroatoms. The molecule has 2 aliphatic rings. The lowest BCUT2D eigenvalue weighted by atomic mass is 10.0. The van der Waals surface area contributed by atoms with Crippen LogP contribution in [-0.4, -0.2) is 79.8 Å². The number of nitrogens with one attached hydrogen (secondary N) is 1. The number of carboxylic acid groups (broad SMARTS) is 1. The lowest BCUT2D eigenvalue weighted by molar-refractivity contribution is -0.144. The molecule has 2 aliphatic heterocycles. The van der Waals surface area contributed by atoms with Gasteiger partial charge in [0.1, 0.15) is 13.2 Å². The van der Waals surface area contributed by atoms with E-state index in [1.165, 1.54) is 0 Å². The number of likely N-dealkylation sites (N-methyl/N-ethyl adjacent to an activating group) is 1. The van der Waals surface area contributed by atoms with E-state index < -0.39 is 11.9 Å². The molecule has 1 unspecified atom stereocenters. The highest BCUT2D eigenvalue weighted by Crippen LogP contribution is 2.32. The maximum Gasteiger partial charge on any atom is 0.308 e. The van der Waals surface area contributed by atoms with E-state index in [2.05, 4.69) is 15.1 Å². The number of benzene rings is 1. The number of hydrogen-bond acceptors (Lipinski definition) is 6. The first kappa shape index (κ1) is 18.5. The number of amides is 1. The van der Waals surface area contributed by atoms with Crippen LogP contribution in [0.4, 0.5) is 5.69 Å². The fraction of sp³-hybridized carbons (Fsp3) is 0.556. The van der Waals surface area contributed by atoms with Crippen molar-refractivity contribution in [2.75, 3.05) is 58.3 Å². The van der Waals surface area contributed by atoms with Gasteiger partial charge in [0.25, 0.3) is 0 Å². The lowest BCUT2D eigenvalue weighted by Crippen LogP contribution is -2.47. The third-order valence-electron chi connectivity index (χ3n) is 4.68. The van der Waals surface area contributed by atoms with E-state index in [0.717, 1.165) is 26.2 Å².